The number of aromatic nitrogens is 1. The van der Waals surface area contributed by atoms with E-state index in [1.165, 1.54) is 0 Å². The Kier molecular flexibility index (Phi) is 2.23. The molecule has 0 saturated heterocycles. The summed E-state index contributed by atoms with van der Waals surface area (Å²) >= 11 is 0. The molecule has 1 heterocycles. The summed E-state index contributed by atoms with van der Waals surface area (Å²) in [6.45, 7) is 1.90. The molecule has 0 aliphatic heterocycles. The lowest BCUT2D eigenvalue weighted by atomic mass is 10.2. The molecular formula is C11H11NO2. The van der Waals surface area contributed by atoms with Crippen LogP contribution < -0.4 is 4.74 Å². The van der Waals surface area contributed by atoms with Gasteiger partial charge in [-0.05, 0) is 31.2 Å². The van der Waals surface area contributed by atoms with Gasteiger partial charge in [0.1, 0.15) is 12.0 Å². The number of rotatable bonds is 2. The summed E-state index contributed by atoms with van der Waals surface area (Å²) < 4.78 is 10.3. The molecule has 0 aliphatic rings. The van der Waals surface area contributed by atoms with Crippen molar-refractivity contribution < 1.29 is 9.15 Å². The molecule has 2 rings (SSSR count). The second kappa shape index (κ2) is 3.54. The fraction of sp³-hybridized carbons (Fsp3) is 0.182. The zero-order valence-corrected chi connectivity index (χ0v) is 8.15. The van der Waals surface area contributed by atoms with Crippen molar-refractivity contribution in [3.05, 3.63) is 36.2 Å². The minimum Gasteiger partial charge on any atom is -0.497 e. The molecule has 3 nitrogen and oxygen atoms in total. The van der Waals surface area contributed by atoms with Crippen LogP contribution in [0.1, 0.15) is 5.69 Å². The lowest BCUT2D eigenvalue weighted by Gasteiger charge is -1.99. The maximum absolute atomic E-state index is 5.27. The van der Waals surface area contributed by atoms with Crippen LogP contribution in [0.2, 0.25) is 0 Å². The third-order valence-electron chi connectivity index (χ3n) is 1.96. The van der Waals surface area contributed by atoms with Crippen molar-refractivity contribution in [1.29, 1.82) is 0 Å². The van der Waals surface area contributed by atoms with E-state index in [-0.39, 0.29) is 0 Å². The van der Waals surface area contributed by atoms with Crippen molar-refractivity contribution in [2.75, 3.05) is 7.11 Å². The van der Waals surface area contributed by atoms with E-state index in [4.69, 9.17) is 9.15 Å². The average molecular weight is 189 g/mol. The largest absolute Gasteiger partial charge is 0.497 e. The van der Waals surface area contributed by atoms with Crippen molar-refractivity contribution in [2.24, 2.45) is 0 Å². The average Bonchev–Trinajstić information content (AvgIpc) is 2.65. The predicted octanol–water partition coefficient (Wildman–Crippen LogP) is 2.66. The lowest BCUT2D eigenvalue weighted by Crippen LogP contribution is -1.82. The lowest BCUT2D eigenvalue weighted by molar-refractivity contribution is 0.415. The molecule has 0 spiro atoms. The van der Waals surface area contributed by atoms with E-state index in [1.807, 2.05) is 31.2 Å². The predicted molar refractivity (Wildman–Crippen MR) is 53.2 cm³/mol. The second-order valence-corrected chi connectivity index (χ2v) is 3.02. The molecule has 0 amide bonds. The summed E-state index contributed by atoms with van der Waals surface area (Å²) in [6.07, 6.45) is 1.64. The van der Waals surface area contributed by atoms with E-state index in [0.29, 0.717) is 5.89 Å². The summed E-state index contributed by atoms with van der Waals surface area (Å²) in [4.78, 5) is 4.23. The van der Waals surface area contributed by atoms with Gasteiger partial charge in [-0.1, -0.05) is 0 Å². The number of oxazole rings is 1. The Balaban J connectivity index is 2.33. The van der Waals surface area contributed by atoms with Gasteiger partial charge in [-0.3, -0.25) is 0 Å². The van der Waals surface area contributed by atoms with Crippen molar-refractivity contribution in [3.63, 3.8) is 0 Å². The van der Waals surface area contributed by atoms with Gasteiger partial charge < -0.3 is 9.15 Å². The van der Waals surface area contributed by atoms with Crippen LogP contribution in [-0.2, 0) is 0 Å². The third-order valence-corrected chi connectivity index (χ3v) is 1.96. The van der Waals surface area contributed by atoms with E-state index in [2.05, 4.69) is 4.98 Å². The molecule has 1 aromatic carbocycles. The van der Waals surface area contributed by atoms with Gasteiger partial charge in [-0.15, -0.1) is 0 Å². The summed E-state index contributed by atoms with van der Waals surface area (Å²) in [5.41, 5.74) is 1.84. The van der Waals surface area contributed by atoms with Gasteiger partial charge in [0, 0.05) is 5.56 Å². The fourth-order valence-corrected chi connectivity index (χ4v) is 1.22. The Morgan fingerprint density at radius 1 is 1.21 bits per heavy atom. The van der Waals surface area contributed by atoms with Gasteiger partial charge in [0.05, 0.1) is 12.8 Å². The summed E-state index contributed by atoms with van der Waals surface area (Å²) in [7, 11) is 1.64. The van der Waals surface area contributed by atoms with Crippen molar-refractivity contribution in [3.8, 4) is 17.2 Å². The van der Waals surface area contributed by atoms with Crippen molar-refractivity contribution in [2.45, 2.75) is 6.92 Å². The van der Waals surface area contributed by atoms with Crippen molar-refractivity contribution >= 4 is 0 Å². The maximum atomic E-state index is 5.27. The second-order valence-electron chi connectivity index (χ2n) is 3.02. The molecule has 0 fully saturated rings. The highest BCUT2D eigenvalue weighted by Crippen LogP contribution is 2.21. The number of hydrogen-bond acceptors (Lipinski definition) is 3. The Hall–Kier alpha value is -1.77. The molecule has 72 valence electrons. The first-order valence-electron chi connectivity index (χ1n) is 4.36. The zero-order chi connectivity index (χ0) is 9.97. The molecule has 0 bridgehead atoms. The molecule has 0 saturated carbocycles. The van der Waals surface area contributed by atoms with E-state index in [1.54, 1.807) is 13.4 Å². The quantitative estimate of drug-likeness (QED) is 0.728. The maximum Gasteiger partial charge on any atom is 0.226 e. The van der Waals surface area contributed by atoms with E-state index >= 15 is 0 Å². The molecule has 3 heteroatoms. The molecule has 0 N–H and O–H groups in total. The smallest absolute Gasteiger partial charge is 0.226 e. The van der Waals surface area contributed by atoms with Gasteiger partial charge in [0.2, 0.25) is 5.89 Å². The first kappa shape index (κ1) is 8.81. The molecule has 0 aliphatic carbocycles. The number of ether oxygens (including phenoxy) is 1. The normalized spacial score (nSPS) is 10.1. The Morgan fingerprint density at radius 3 is 2.43 bits per heavy atom. The minimum absolute atomic E-state index is 0.644. The third kappa shape index (κ3) is 1.62. The Bertz CT molecular complexity index is 417. The fourth-order valence-electron chi connectivity index (χ4n) is 1.22. The molecule has 14 heavy (non-hydrogen) atoms. The topological polar surface area (TPSA) is 35.3 Å². The Morgan fingerprint density at radius 2 is 1.93 bits per heavy atom. The molecule has 0 atom stereocenters. The van der Waals surface area contributed by atoms with Crippen LogP contribution in [0.15, 0.2) is 34.9 Å². The Labute approximate surface area is 82.3 Å². The summed E-state index contributed by atoms with van der Waals surface area (Å²) in [6, 6.07) is 7.61. The van der Waals surface area contributed by atoms with Gasteiger partial charge in [0.15, 0.2) is 0 Å². The first-order valence-corrected chi connectivity index (χ1v) is 4.36. The van der Waals surface area contributed by atoms with E-state index in [9.17, 15) is 0 Å². The SMILES string of the molecule is COc1ccc(-c2nc(C)co2)cc1. The highest BCUT2D eigenvalue weighted by atomic mass is 16.5. The minimum atomic E-state index is 0.644. The first-order chi connectivity index (χ1) is 6.79. The number of nitrogens with zero attached hydrogens (tertiary/aromatic N) is 1. The summed E-state index contributed by atoms with van der Waals surface area (Å²) in [5, 5.41) is 0. The number of methoxy groups -OCH3 is 1. The van der Waals surface area contributed by atoms with Crippen LogP contribution in [0, 0.1) is 6.92 Å². The number of hydrogen-bond donors (Lipinski definition) is 0. The zero-order valence-electron chi connectivity index (χ0n) is 8.15. The molecule has 0 unspecified atom stereocenters. The van der Waals surface area contributed by atoms with Crippen LogP contribution in [0.25, 0.3) is 11.5 Å². The monoisotopic (exact) mass is 189 g/mol. The van der Waals surface area contributed by atoms with E-state index < -0.39 is 0 Å². The molecule has 0 radical (unpaired) electrons. The molecular weight excluding hydrogens is 178 g/mol. The van der Waals surface area contributed by atoms with Gasteiger partial charge in [-0.2, -0.15) is 0 Å². The van der Waals surface area contributed by atoms with Gasteiger partial charge in [0.25, 0.3) is 0 Å². The number of aryl methyl sites for hydroxylation is 1. The van der Waals surface area contributed by atoms with Crippen LogP contribution in [0.4, 0.5) is 0 Å². The van der Waals surface area contributed by atoms with Crippen LogP contribution >= 0.6 is 0 Å². The number of benzene rings is 1. The van der Waals surface area contributed by atoms with E-state index in [0.717, 1.165) is 17.0 Å². The molecule has 1 aromatic heterocycles. The van der Waals surface area contributed by atoms with Gasteiger partial charge >= 0.3 is 0 Å². The van der Waals surface area contributed by atoms with Gasteiger partial charge in [-0.25, -0.2) is 4.98 Å². The van der Waals surface area contributed by atoms with Crippen LogP contribution in [0.5, 0.6) is 5.75 Å². The van der Waals surface area contributed by atoms with Crippen LogP contribution in [-0.4, -0.2) is 12.1 Å². The van der Waals surface area contributed by atoms with Crippen molar-refractivity contribution in [1.82, 2.24) is 4.98 Å². The highest BCUT2D eigenvalue weighted by Gasteiger charge is 2.03. The standard InChI is InChI=1S/C11H11NO2/c1-8-7-14-11(12-8)9-3-5-10(13-2)6-4-9/h3-7H,1-2H3. The molecule has 2 aromatic rings. The summed E-state index contributed by atoms with van der Waals surface area (Å²) in [5.74, 6) is 1.47. The highest BCUT2D eigenvalue weighted by molar-refractivity contribution is 5.54. The van der Waals surface area contributed by atoms with Crippen LogP contribution in [0.3, 0.4) is 0 Å².